The highest BCUT2D eigenvalue weighted by molar-refractivity contribution is 5.76. The summed E-state index contributed by atoms with van der Waals surface area (Å²) in [6.45, 7) is 5.96. The van der Waals surface area contributed by atoms with Gasteiger partial charge in [-0.25, -0.2) is 9.59 Å². The van der Waals surface area contributed by atoms with E-state index in [0.717, 1.165) is 0 Å². The minimum absolute atomic E-state index is 0.516. The maximum absolute atomic E-state index is 11.2. The molecule has 0 aromatic rings. The van der Waals surface area contributed by atoms with Crippen LogP contribution >= 0.6 is 0 Å². The van der Waals surface area contributed by atoms with Gasteiger partial charge in [-0.1, -0.05) is 0 Å². The van der Waals surface area contributed by atoms with Gasteiger partial charge in [-0.2, -0.15) is 0 Å². The van der Waals surface area contributed by atoms with Crippen molar-refractivity contribution in [3.63, 3.8) is 0 Å². The molecule has 1 amide bonds. The summed E-state index contributed by atoms with van der Waals surface area (Å²) >= 11 is 0. The third-order valence-electron chi connectivity index (χ3n) is 1.65. The molecule has 0 aliphatic rings. The molecule has 76 valence electrons. The molecule has 0 rings (SSSR count). The molecule has 5 heteroatoms. The van der Waals surface area contributed by atoms with Crippen LogP contribution < -0.4 is 0 Å². The number of aliphatic carboxylic acids is 1. The molecule has 0 saturated carbocycles. The molecule has 1 N–H and O–H groups in total. The summed E-state index contributed by atoms with van der Waals surface area (Å²) in [6, 6.07) is 0. The van der Waals surface area contributed by atoms with Crippen LogP contribution in [0, 0.1) is 0 Å². The monoisotopic (exact) mass is 189 g/mol. The number of amides is 1. The molecular formula is C8H15NO4. The van der Waals surface area contributed by atoms with E-state index in [-0.39, 0.29) is 0 Å². The Balaban J connectivity index is 4.05. The predicted octanol–water partition coefficient (Wildman–Crippen LogP) is 0.938. The Hall–Kier alpha value is -1.26. The number of ether oxygens (including phenoxy) is 1. The quantitative estimate of drug-likeness (QED) is 0.714. The first-order valence-electron chi connectivity index (χ1n) is 4.21. The van der Waals surface area contributed by atoms with Crippen molar-refractivity contribution in [1.82, 2.24) is 4.90 Å². The van der Waals surface area contributed by atoms with Crippen LogP contribution in [0.4, 0.5) is 4.79 Å². The summed E-state index contributed by atoms with van der Waals surface area (Å²) in [6.07, 6.45) is -1.67. The number of carboxylic acid groups (broad SMARTS) is 1. The first-order chi connectivity index (χ1) is 6.02. The SMILES string of the molecule is CCN(CC)C(=O)OC(C)C(=O)O. The van der Waals surface area contributed by atoms with Crippen LogP contribution in [0.2, 0.25) is 0 Å². The van der Waals surface area contributed by atoms with Crippen molar-refractivity contribution in [2.24, 2.45) is 0 Å². The number of carbonyl (C=O) groups is 2. The zero-order valence-corrected chi connectivity index (χ0v) is 8.11. The summed E-state index contributed by atoms with van der Waals surface area (Å²) in [4.78, 5) is 22.9. The maximum atomic E-state index is 11.2. The van der Waals surface area contributed by atoms with Gasteiger partial charge in [0, 0.05) is 13.1 Å². The second-order valence-corrected chi connectivity index (χ2v) is 2.54. The zero-order valence-electron chi connectivity index (χ0n) is 8.11. The van der Waals surface area contributed by atoms with Gasteiger partial charge in [0.25, 0.3) is 0 Å². The van der Waals surface area contributed by atoms with Gasteiger partial charge in [-0.15, -0.1) is 0 Å². The van der Waals surface area contributed by atoms with Crippen LogP contribution in [0.3, 0.4) is 0 Å². The Morgan fingerprint density at radius 2 is 1.85 bits per heavy atom. The minimum Gasteiger partial charge on any atom is -0.479 e. The van der Waals surface area contributed by atoms with Crippen LogP contribution in [0.1, 0.15) is 20.8 Å². The van der Waals surface area contributed by atoms with Crippen molar-refractivity contribution in [2.45, 2.75) is 26.9 Å². The van der Waals surface area contributed by atoms with E-state index in [9.17, 15) is 9.59 Å². The van der Waals surface area contributed by atoms with Crippen LogP contribution in [0.5, 0.6) is 0 Å². The van der Waals surface area contributed by atoms with E-state index in [1.54, 1.807) is 13.8 Å². The summed E-state index contributed by atoms with van der Waals surface area (Å²) in [7, 11) is 0. The maximum Gasteiger partial charge on any atom is 0.410 e. The number of rotatable bonds is 4. The van der Waals surface area contributed by atoms with Crippen molar-refractivity contribution in [3.05, 3.63) is 0 Å². The third-order valence-corrected chi connectivity index (χ3v) is 1.65. The number of carboxylic acids is 1. The van der Waals surface area contributed by atoms with Gasteiger partial charge in [-0.3, -0.25) is 0 Å². The van der Waals surface area contributed by atoms with Crippen molar-refractivity contribution in [1.29, 1.82) is 0 Å². The molecule has 5 nitrogen and oxygen atoms in total. The highest BCUT2D eigenvalue weighted by Crippen LogP contribution is 1.98. The molecule has 1 unspecified atom stereocenters. The van der Waals surface area contributed by atoms with E-state index in [1.165, 1.54) is 11.8 Å². The normalized spacial score (nSPS) is 11.9. The molecule has 0 aliphatic carbocycles. The van der Waals surface area contributed by atoms with Gasteiger partial charge in [0.15, 0.2) is 6.10 Å². The van der Waals surface area contributed by atoms with E-state index < -0.39 is 18.2 Å². The number of hydrogen-bond donors (Lipinski definition) is 1. The lowest BCUT2D eigenvalue weighted by molar-refractivity contribution is -0.146. The molecule has 0 aromatic carbocycles. The number of carbonyl (C=O) groups excluding carboxylic acids is 1. The van der Waals surface area contributed by atoms with Crippen molar-refractivity contribution in [2.75, 3.05) is 13.1 Å². The Bertz CT molecular complexity index is 189. The fraction of sp³-hybridized carbons (Fsp3) is 0.750. The molecule has 0 saturated heterocycles. The second kappa shape index (κ2) is 5.40. The minimum atomic E-state index is -1.14. The van der Waals surface area contributed by atoms with Gasteiger partial charge in [0.05, 0.1) is 0 Å². The highest BCUT2D eigenvalue weighted by Gasteiger charge is 2.19. The van der Waals surface area contributed by atoms with E-state index in [2.05, 4.69) is 4.74 Å². The van der Waals surface area contributed by atoms with E-state index in [0.29, 0.717) is 13.1 Å². The van der Waals surface area contributed by atoms with Crippen LogP contribution in [0.25, 0.3) is 0 Å². The van der Waals surface area contributed by atoms with Gasteiger partial charge in [-0.05, 0) is 20.8 Å². The molecule has 0 fully saturated rings. The van der Waals surface area contributed by atoms with Gasteiger partial charge >= 0.3 is 12.1 Å². The number of nitrogens with zero attached hydrogens (tertiary/aromatic N) is 1. The Labute approximate surface area is 77.3 Å². The molecule has 1 atom stereocenters. The number of hydrogen-bond acceptors (Lipinski definition) is 3. The molecule has 0 bridgehead atoms. The summed E-state index contributed by atoms with van der Waals surface area (Å²) in [5, 5.41) is 8.46. The van der Waals surface area contributed by atoms with Crippen molar-refractivity contribution in [3.8, 4) is 0 Å². The summed E-state index contributed by atoms with van der Waals surface area (Å²) < 4.78 is 4.64. The molecular weight excluding hydrogens is 174 g/mol. The van der Waals surface area contributed by atoms with Gasteiger partial charge in [0.1, 0.15) is 0 Å². The molecule has 0 radical (unpaired) electrons. The molecule has 0 heterocycles. The summed E-state index contributed by atoms with van der Waals surface area (Å²) in [5.74, 6) is -1.14. The fourth-order valence-corrected chi connectivity index (χ4v) is 0.758. The average Bonchev–Trinajstić information content (AvgIpc) is 2.06. The van der Waals surface area contributed by atoms with Crippen LogP contribution in [0.15, 0.2) is 0 Å². The first-order valence-corrected chi connectivity index (χ1v) is 4.21. The molecule has 0 spiro atoms. The highest BCUT2D eigenvalue weighted by atomic mass is 16.6. The van der Waals surface area contributed by atoms with E-state index >= 15 is 0 Å². The Kier molecular flexibility index (Phi) is 4.87. The fourth-order valence-electron chi connectivity index (χ4n) is 0.758. The smallest absolute Gasteiger partial charge is 0.410 e. The van der Waals surface area contributed by atoms with Gasteiger partial charge < -0.3 is 14.7 Å². The van der Waals surface area contributed by atoms with Crippen molar-refractivity contribution < 1.29 is 19.4 Å². The first kappa shape index (κ1) is 11.7. The third kappa shape index (κ3) is 3.78. The lowest BCUT2D eigenvalue weighted by atomic mass is 10.4. The standard InChI is InChI=1S/C8H15NO4/c1-4-9(5-2)8(12)13-6(3)7(10)11/h6H,4-5H2,1-3H3,(H,10,11). The van der Waals surface area contributed by atoms with E-state index in [4.69, 9.17) is 5.11 Å². The topological polar surface area (TPSA) is 66.8 Å². The van der Waals surface area contributed by atoms with E-state index in [1.807, 2.05) is 0 Å². The van der Waals surface area contributed by atoms with Crippen LogP contribution in [-0.4, -0.2) is 41.3 Å². The summed E-state index contributed by atoms with van der Waals surface area (Å²) in [5.41, 5.74) is 0. The average molecular weight is 189 g/mol. The predicted molar refractivity (Wildman–Crippen MR) is 46.5 cm³/mol. The van der Waals surface area contributed by atoms with Crippen molar-refractivity contribution >= 4 is 12.1 Å². The Morgan fingerprint density at radius 1 is 1.38 bits per heavy atom. The lowest BCUT2D eigenvalue weighted by Gasteiger charge is -2.19. The van der Waals surface area contributed by atoms with Gasteiger partial charge in [0.2, 0.25) is 0 Å². The van der Waals surface area contributed by atoms with Crippen LogP contribution in [-0.2, 0) is 9.53 Å². The Morgan fingerprint density at radius 3 is 2.15 bits per heavy atom. The largest absolute Gasteiger partial charge is 0.479 e. The molecule has 13 heavy (non-hydrogen) atoms. The lowest BCUT2D eigenvalue weighted by Crippen LogP contribution is -2.35. The molecule has 0 aliphatic heterocycles. The molecule has 0 aromatic heterocycles. The zero-order chi connectivity index (χ0) is 10.4. The second-order valence-electron chi connectivity index (χ2n) is 2.54.